The molecule has 0 bridgehead atoms. The van der Waals surface area contributed by atoms with Gasteiger partial charge in [-0.15, -0.1) is 0 Å². The van der Waals surface area contributed by atoms with Crippen LogP contribution in [0.1, 0.15) is 13.2 Å². The van der Waals surface area contributed by atoms with Crippen molar-refractivity contribution in [2.24, 2.45) is 11.7 Å². The first kappa shape index (κ1) is 29.2. The summed E-state index contributed by atoms with van der Waals surface area (Å²) in [6.07, 6.45) is -11.2. The van der Waals surface area contributed by atoms with Crippen molar-refractivity contribution in [3.05, 3.63) is 33.1 Å². The van der Waals surface area contributed by atoms with Crippen LogP contribution in [-0.2, 0) is 32.0 Å². The Labute approximate surface area is 202 Å². The summed E-state index contributed by atoms with van der Waals surface area (Å²) in [6, 6.07) is 0.953. The van der Waals surface area contributed by atoms with E-state index in [0.717, 1.165) is 16.8 Å². The molecule has 2 aliphatic heterocycles. The van der Waals surface area contributed by atoms with Crippen molar-refractivity contribution in [2.45, 2.75) is 56.1 Å². The highest BCUT2D eigenvalue weighted by atomic mass is 31.3. The van der Waals surface area contributed by atoms with E-state index in [1.54, 1.807) is 0 Å². The van der Waals surface area contributed by atoms with Crippen LogP contribution < -0.4 is 17.0 Å². The summed E-state index contributed by atoms with van der Waals surface area (Å²) >= 11 is 0. The predicted octanol–water partition coefficient (Wildman–Crippen LogP) is -3.55. The third kappa shape index (κ3) is 6.56. The molecule has 11 atom stereocenters. The molecule has 1 aromatic rings. The lowest BCUT2D eigenvalue weighted by Crippen LogP contribution is -2.56. The molecule has 0 aromatic carbocycles. The monoisotopic (exact) mass is 563 g/mol. The van der Waals surface area contributed by atoms with Gasteiger partial charge >= 0.3 is 21.3 Å². The van der Waals surface area contributed by atoms with Gasteiger partial charge in [0.15, 0.2) is 12.5 Å². The predicted molar refractivity (Wildman–Crippen MR) is 114 cm³/mol. The lowest BCUT2D eigenvalue weighted by molar-refractivity contribution is -0.250. The maximum absolute atomic E-state index is 12.3. The van der Waals surface area contributed by atoms with Crippen LogP contribution in [0.2, 0.25) is 0 Å². The molecule has 2 saturated heterocycles. The minimum atomic E-state index is -5.39. The molecule has 1 aromatic heterocycles. The summed E-state index contributed by atoms with van der Waals surface area (Å²) in [7, 11) is -10.8. The van der Waals surface area contributed by atoms with Gasteiger partial charge in [-0.1, -0.05) is 6.92 Å². The molecule has 3 unspecified atom stereocenters. The minimum absolute atomic E-state index is 0.287. The van der Waals surface area contributed by atoms with Gasteiger partial charge in [-0.3, -0.25) is 23.4 Å². The van der Waals surface area contributed by atoms with Gasteiger partial charge in [-0.2, -0.15) is 4.31 Å². The Balaban J connectivity index is 1.61. The fraction of sp³-hybridized carbons (Fsp3) is 0.750. The molecule has 0 aliphatic carbocycles. The summed E-state index contributed by atoms with van der Waals surface area (Å²) in [6.45, 7) is 0.0520. The standard InChI is InChI=1S/C16H27N3O15P2/c1-6-10(21)11(22)7(4-17)32-15(6)33-36(28,29)34-35(26,27)30-5-8-12(23)13(24)14(31-8)19-3-2-9(20)18-16(19)25/h2-3,6-8,10-15,21-24H,4-5,17H2,1H3,(H,26,27)(H,28,29)(H,18,20,25)/t6?,7?,8-,10-,11-,12+,13?,14-,15-/m1/s1. The van der Waals surface area contributed by atoms with E-state index in [1.807, 2.05) is 4.98 Å². The number of aliphatic hydroxyl groups is 4. The van der Waals surface area contributed by atoms with Crippen LogP contribution in [0.15, 0.2) is 21.9 Å². The van der Waals surface area contributed by atoms with Crippen LogP contribution >= 0.6 is 15.6 Å². The van der Waals surface area contributed by atoms with Gasteiger partial charge in [-0.05, 0) is 0 Å². The Kier molecular flexibility index (Phi) is 9.08. The molecular formula is C16H27N3O15P2. The molecule has 3 heterocycles. The molecule has 36 heavy (non-hydrogen) atoms. The van der Waals surface area contributed by atoms with Crippen molar-refractivity contribution in [3.63, 3.8) is 0 Å². The zero-order valence-electron chi connectivity index (χ0n) is 18.5. The van der Waals surface area contributed by atoms with Crippen LogP contribution in [0, 0.1) is 5.92 Å². The van der Waals surface area contributed by atoms with Gasteiger partial charge in [0.1, 0.15) is 30.5 Å². The first-order valence-electron chi connectivity index (χ1n) is 10.4. The quantitative estimate of drug-likeness (QED) is 0.135. The first-order chi connectivity index (χ1) is 16.7. The van der Waals surface area contributed by atoms with E-state index in [1.165, 1.54) is 6.92 Å². The molecule has 9 N–H and O–H groups in total. The highest BCUT2D eigenvalue weighted by Gasteiger charge is 2.48. The van der Waals surface area contributed by atoms with Crippen LogP contribution in [0.25, 0.3) is 0 Å². The van der Waals surface area contributed by atoms with Gasteiger partial charge in [0.25, 0.3) is 5.56 Å². The number of nitrogens with one attached hydrogen (secondary N) is 1. The van der Waals surface area contributed by atoms with Crippen molar-refractivity contribution in [3.8, 4) is 0 Å². The fourth-order valence-corrected chi connectivity index (χ4v) is 5.81. The zero-order valence-corrected chi connectivity index (χ0v) is 20.3. The largest absolute Gasteiger partial charge is 0.483 e. The third-order valence-electron chi connectivity index (χ3n) is 5.55. The van der Waals surface area contributed by atoms with Crippen LogP contribution in [0.5, 0.6) is 0 Å². The fourth-order valence-electron chi connectivity index (χ4n) is 3.58. The summed E-state index contributed by atoms with van der Waals surface area (Å²) in [5.41, 5.74) is 3.71. The molecule has 0 amide bonds. The first-order valence-corrected chi connectivity index (χ1v) is 13.4. The number of hydrogen-bond donors (Lipinski definition) is 8. The summed E-state index contributed by atoms with van der Waals surface area (Å²) in [5, 5.41) is 40.2. The lowest BCUT2D eigenvalue weighted by Gasteiger charge is -2.40. The number of aromatic nitrogens is 2. The van der Waals surface area contributed by atoms with E-state index in [2.05, 4.69) is 8.83 Å². The van der Waals surface area contributed by atoms with Crippen LogP contribution in [-0.4, -0.2) is 95.8 Å². The van der Waals surface area contributed by atoms with Gasteiger partial charge in [0, 0.05) is 24.7 Å². The number of nitrogens with zero attached hydrogens (tertiary/aromatic N) is 1. The Hall–Kier alpha value is -1.34. The molecule has 3 rings (SSSR count). The lowest BCUT2D eigenvalue weighted by atomic mass is 9.92. The van der Waals surface area contributed by atoms with Crippen LogP contribution in [0.3, 0.4) is 0 Å². The molecule has 2 aliphatic rings. The summed E-state index contributed by atoms with van der Waals surface area (Å²) in [5.74, 6) is -1.08. The number of nitrogens with two attached hydrogens (primary N) is 1. The minimum Gasteiger partial charge on any atom is -0.390 e. The van der Waals surface area contributed by atoms with E-state index >= 15 is 0 Å². The molecule has 18 nitrogen and oxygen atoms in total. The normalized spacial score (nSPS) is 38.4. The van der Waals surface area contributed by atoms with E-state index in [0.29, 0.717) is 0 Å². The second-order valence-electron chi connectivity index (χ2n) is 8.10. The topological polar surface area (TPSA) is 283 Å². The van der Waals surface area contributed by atoms with Gasteiger partial charge in [0.2, 0.25) is 0 Å². The molecule has 0 radical (unpaired) electrons. The molecule has 0 spiro atoms. The average molecular weight is 563 g/mol. The second-order valence-corrected chi connectivity index (χ2v) is 11.1. The zero-order chi connectivity index (χ0) is 27.0. The van der Waals surface area contributed by atoms with E-state index in [9.17, 15) is 48.9 Å². The van der Waals surface area contributed by atoms with Crippen LogP contribution in [0.4, 0.5) is 0 Å². The summed E-state index contributed by atoms with van der Waals surface area (Å²) < 4.78 is 49.3. The van der Waals surface area contributed by atoms with E-state index in [4.69, 9.17) is 19.7 Å². The molecule has 206 valence electrons. The molecule has 20 heteroatoms. The number of phosphoric ester groups is 2. The maximum atomic E-state index is 12.3. The highest BCUT2D eigenvalue weighted by Crippen LogP contribution is 2.61. The number of rotatable bonds is 9. The Morgan fingerprint density at radius 2 is 1.67 bits per heavy atom. The van der Waals surface area contributed by atoms with Gasteiger partial charge < -0.3 is 45.4 Å². The Morgan fingerprint density at radius 1 is 1.03 bits per heavy atom. The third-order valence-corrected chi connectivity index (χ3v) is 8.15. The highest BCUT2D eigenvalue weighted by molar-refractivity contribution is 7.61. The number of aliphatic hydroxyl groups excluding tert-OH is 4. The smallest absolute Gasteiger partial charge is 0.390 e. The van der Waals surface area contributed by atoms with Gasteiger partial charge in [0.05, 0.1) is 12.7 Å². The maximum Gasteiger partial charge on any atom is 0.483 e. The molecular weight excluding hydrogens is 536 g/mol. The molecule has 0 saturated carbocycles. The Bertz CT molecular complexity index is 1130. The van der Waals surface area contributed by atoms with E-state index in [-0.39, 0.29) is 6.54 Å². The number of aromatic amines is 1. The SMILES string of the molecule is CC1[C@@H](O[P@@](=O)(O)O[P@@](=O)(O)OC[C@H]2O[C@@H](n3ccc(=O)[nH]c3=O)C(O)[C@H]2O)OC(CN)[C@@H](O)[C@@H]1O. The van der Waals surface area contributed by atoms with Crippen molar-refractivity contribution in [1.29, 1.82) is 0 Å². The molecule has 2 fully saturated rings. The number of H-pyrrole nitrogens is 1. The number of hydrogen-bond acceptors (Lipinski definition) is 14. The number of ether oxygens (including phenoxy) is 2. The Morgan fingerprint density at radius 3 is 2.28 bits per heavy atom. The second kappa shape index (κ2) is 11.2. The number of phosphoric acid groups is 2. The van der Waals surface area contributed by atoms with Gasteiger partial charge in [-0.25, -0.2) is 13.9 Å². The van der Waals surface area contributed by atoms with Crippen molar-refractivity contribution < 1.29 is 62.2 Å². The van der Waals surface area contributed by atoms with Crippen molar-refractivity contribution in [2.75, 3.05) is 13.2 Å². The van der Waals surface area contributed by atoms with Crippen molar-refractivity contribution in [1.82, 2.24) is 9.55 Å². The van der Waals surface area contributed by atoms with E-state index < -0.39 is 88.6 Å². The summed E-state index contributed by atoms with van der Waals surface area (Å²) in [4.78, 5) is 44.8. The average Bonchev–Trinajstić information content (AvgIpc) is 3.06. The van der Waals surface area contributed by atoms with Crippen molar-refractivity contribution >= 4 is 15.6 Å².